The largest absolute Gasteiger partial charge is 0.495 e. The Bertz CT molecular complexity index is 1440. The zero-order valence-corrected chi connectivity index (χ0v) is 19.0. The van der Waals surface area contributed by atoms with Gasteiger partial charge >= 0.3 is 0 Å². The minimum Gasteiger partial charge on any atom is -0.495 e. The summed E-state index contributed by atoms with van der Waals surface area (Å²) in [5.41, 5.74) is 2.63. The number of fused-ring (bicyclic) bond motifs is 1. The number of methoxy groups -OCH3 is 1. The molecule has 1 fully saturated rings. The average Bonchev–Trinajstić information content (AvgIpc) is 2.78. The second-order valence-corrected chi connectivity index (χ2v) is 9.95. The van der Waals surface area contributed by atoms with E-state index >= 15 is 0 Å². The van der Waals surface area contributed by atoms with Gasteiger partial charge in [-0.2, -0.15) is 0 Å². The van der Waals surface area contributed by atoms with E-state index in [-0.39, 0.29) is 16.4 Å². The highest BCUT2D eigenvalue weighted by Crippen LogP contribution is 2.40. The molecule has 5 rings (SSSR count). The van der Waals surface area contributed by atoms with Crippen molar-refractivity contribution in [1.82, 2.24) is 14.5 Å². The van der Waals surface area contributed by atoms with Crippen molar-refractivity contribution in [3.8, 4) is 0 Å². The minimum absolute atomic E-state index is 0.00582. The van der Waals surface area contributed by atoms with Crippen LogP contribution in [0.1, 0.15) is 32.1 Å². The lowest BCUT2D eigenvalue weighted by Crippen LogP contribution is -2.23. The summed E-state index contributed by atoms with van der Waals surface area (Å²) in [6.45, 7) is 0. The lowest BCUT2D eigenvalue weighted by atomic mass is 9.76. The number of benzene rings is 1. The molecule has 0 unspecified atom stereocenters. The molecule has 0 atom stereocenters. The second-order valence-electron chi connectivity index (χ2n) is 8.27. The first kappa shape index (κ1) is 21.4. The van der Waals surface area contributed by atoms with E-state index in [1.807, 2.05) is 0 Å². The average molecular weight is 465 g/mol. The van der Waals surface area contributed by atoms with Crippen LogP contribution in [0.25, 0.3) is 16.6 Å². The van der Waals surface area contributed by atoms with E-state index in [0.29, 0.717) is 29.0 Å². The zero-order chi connectivity index (χ0) is 23.0. The van der Waals surface area contributed by atoms with E-state index in [0.717, 1.165) is 12.1 Å². The number of allylic oxidation sites excluding steroid dienone is 3. The lowest BCUT2D eigenvalue weighted by Gasteiger charge is -2.31. The smallest absolute Gasteiger partial charge is 0.264 e. The van der Waals surface area contributed by atoms with Crippen LogP contribution < -0.4 is 10.3 Å². The Hall–Kier alpha value is -3.46. The van der Waals surface area contributed by atoms with Crippen molar-refractivity contribution in [2.24, 2.45) is 5.92 Å². The first-order valence-electron chi connectivity index (χ1n) is 10.9. The Kier molecular flexibility index (Phi) is 5.49. The van der Waals surface area contributed by atoms with Crippen molar-refractivity contribution >= 4 is 32.6 Å². The number of ether oxygens (including phenoxy) is 1. The van der Waals surface area contributed by atoms with Gasteiger partial charge in [0, 0.05) is 23.8 Å². The van der Waals surface area contributed by atoms with E-state index < -0.39 is 10.0 Å². The van der Waals surface area contributed by atoms with Gasteiger partial charge in [-0.05, 0) is 68.0 Å². The van der Waals surface area contributed by atoms with Gasteiger partial charge in [-0.1, -0.05) is 12.0 Å². The number of nitrogens with zero attached hydrogens (tertiary/aromatic N) is 3. The van der Waals surface area contributed by atoms with E-state index in [2.05, 4.69) is 20.8 Å². The molecule has 1 saturated carbocycles. The Morgan fingerprint density at radius 1 is 1.09 bits per heavy atom. The lowest BCUT2D eigenvalue weighted by molar-refractivity contribution is 0.297. The molecule has 1 aromatic carbocycles. The van der Waals surface area contributed by atoms with Gasteiger partial charge in [0.2, 0.25) is 5.95 Å². The molecule has 0 amide bonds. The molecule has 2 aliphatic rings. The van der Waals surface area contributed by atoms with Crippen molar-refractivity contribution in [3.63, 3.8) is 0 Å². The van der Waals surface area contributed by atoms with Gasteiger partial charge in [0.15, 0.2) is 0 Å². The summed E-state index contributed by atoms with van der Waals surface area (Å²) in [6.07, 6.45) is 10.3. The third-order valence-electron chi connectivity index (χ3n) is 6.34. The van der Waals surface area contributed by atoms with Gasteiger partial charge in [-0.3, -0.25) is 9.36 Å². The number of anilines is 1. The van der Waals surface area contributed by atoms with Gasteiger partial charge in [-0.15, -0.1) is 0 Å². The van der Waals surface area contributed by atoms with Crippen LogP contribution in [0.3, 0.4) is 0 Å². The number of nitrogens with one attached hydrogen (secondary N) is 1. The zero-order valence-electron chi connectivity index (χ0n) is 18.2. The fourth-order valence-electron chi connectivity index (χ4n) is 4.41. The van der Waals surface area contributed by atoms with Gasteiger partial charge in [0.1, 0.15) is 5.76 Å². The van der Waals surface area contributed by atoms with Gasteiger partial charge in [0.25, 0.3) is 15.6 Å². The number of aromatic nitrogens is 3. The van der Waals surface area contributed by atoms with Crippen LogP contribution in [-0.4, -0.2) is 30.1 Å². The van der Waals surface area contributed by atoms with Crippen LogP contribution in [0.15, 0.2) is 75.9 Å². The fourth-order valence-corrected chi connectivity index (χ4v) is 5.40. The third kappa shape index (κ3) is 4.04. The molecule has 0 spiro atoms. The molecule has 0 saturated heterocycles. The van der Waals surface area contributed by atoms with Crippen molar-refractivity contribution < 1.29 is 13.2 Å². The molecular weight excluding hydrogens is 440 g/mol. The van der Waals surface area contributed by atoms with Crippen molar-refractivity contribution in [3.05, 3.63) is 76.6 Å². The number of rotatable bonds is 6. The quantitative estimate of drug-likeness (QED) is 0.593. The SMILES string of the molecule is COC1=C(n2c(=O)ccc3cc(S(=O)(=O)Nc4ncccn4)ccc32)CCC(C2CCC2)=C1. The Balaban J connectivity index is 1.57. The van der Waals surface area contributed by atoms with Crippen molar-refractivity contribution in [2.45, 2.75) is 37.0 Å². The van der Waals surface area contributed by atoms with Crippen LogP contribution in [0, 0.1) is 5.92 Å². The van der Waals surface area contributed by atoms with Crippen LogP contribution in [0.5, 0.6) is 0 Å². The fraction of sp³-hybridized carbons (Fsp3) is 0.292. The maximum Gasteiger partial charge on any atom is 0.264 e. The van der Waals surface area contributed by atoms with E-state index in [4.69, 9.17) is 4.74 Å². The predicted molar refractivity (Wildman–Crippen MR) is 126 cm³/mol. The maximum atomic E-state index is 12.9. The Labute approximate surface area is 191 Å². The van der Waals surface area contributed by atoms with Gasteiger partial charge < -0.3 is 4.74 Å². The normalized spacial score (nSPS) is 16.9. The summed E-state index contributed by atoms with van der Waals surface area (Å²) in [7, 11) is -2.27. The number of hydrogen-bond donors (Lipinski definition) is 1. The monoisotopic (exact) mass is 464 g/mol. The van der Waals surface area contributed by atoms with E-state index in [9.17, 15) is 13.2 Å². The van der Waals surface area contributed by atoms with E-state index in [1.54, 1.807) is 35.9 Å². The Morgan fingerprint density at radius 2 is 1.88 bits per heavy atom. The maximum absolute atomic E-state index is 12.9. The van der Waals surface area contributed by atoms with Crippen molar-refractivity contribution in [2.75, 3.05) is 11.8 Å². The topological polar surface area (TPSA) is 103 Å². The molecule has 2 heterocycles. The van der Waals surface area contributed by atoms with Crippen LogP contribution in [-0.2, 0) is 14.8 Å². The van der Waals surface area contributed by atoms with Crippen molar-refractivity contribution in [1.29, 1.82) is 0 Å². The summed E-state index contributed by atoms with van der Waals surface area (Å²) in [5, 5.41) is 0.628. The van der Waals surface area contributed by atoms with Crippen LogP contribution in [0.2, 0.25) is 0 Å². The number of pyridine rings is 1. The summed E-state index contributed by atoms with van der Waals surface area (Å²) in [5.74, 6) is 1.31. The molecule has 1 N–H and O–H groups in total. The van der Waals surface area contributed by atoms with Gasteiger partial charge in [0.05, 0.1) is 23.2 Å². The molecule has 9 heteroatoms. The minimum atomic E-state index is -3.89. The third-order valence-corrected chi connectivity index (χ3v) is 7.66. The summed E-state index contributed by atoms with van der Waals surface area (Å²) < 4.78 is 35.4. The highest BCUT2D eigenvalue weighted by molar-refractivity contribution is 7.92. The Morgan fingerprint density at radius 3 is 2.58 bits per heavy atom. The highest BCUT2D eigenvalue weighted by Gasteiger charge is 2.27. The summed E-state index contributed by atoms with van der Waals surface area (Å²) >= 11 is 0. The number of hydrogen-bond acceptors (Lipinski definition) is 6. The molecule has 0 bridgehead atoms. The molecule has 170 valence electrons. The highest BCUT2D eigenvalue weighted by atomic mass is 32.2. The summed E-state index contributed by atoms with van der Waals surface area (Å²) in [6, 6.07) is 9.38. The van der Waals surface area contributed by atoms with Gasteiger partial charge in [-0.25, -0.2) is 23.1 Å². The first-order chi connectivity index (χ1) is 16.0. The molecule has 0 aliphatic heterocycles. The van der Waals surface area contributed by atoms with Crippen LogP contribution >= 0.6 is 0 Å². The molecular formula is C24H24N4O4S. The first-order valence-corrected chi connectivity index (χ1v) is 12.4. The van der Waals surface area contributed by atoms with Crippen LogP contribution in [0.4, 0.5) is 5.95 Å². The predicted octanol–water partition coefficient (Wildman–Crippen LogP) is 3.93. The number of sulfonamides is 1. The standard InChI is InChI=1S/C24H24N4O4S/c1-32-22-15-17(16-4-2-5-16)6-9-21(22)28-20-10-8-19(14-18(20)7-11-23(28)29)33(30,31)27-24-25-12-3-13-26-24/h3,7-8,10-16H,2,4-6,9H2,1H3,(H,25,26,27). The van der Waals surface area contributed by atoms with E-state index in [1.165, 1.54) is 49.4 Å². The molecule has 8 nitrogen and oxygen atoms in total. The molecule has 2 aliphatic carbocycles. The second kappa shape index (κ2) is 8.47. The summed E-state index contributed by atoms with van der Waals surface area (Å²) in [4.78, 5) is 20.8. The molecule has 33 heavy (non-hydrogen) atoms. The molecule has 3 aromatic rings. The molecule has 2 aromatic heterocycles. The molecule has 0 radical (unpaired) electrons.